The topological polar surface area (TPSA) is 17.1 Å². The summed E-state index contributed by atoms with van der Waals surface area (Å²) in [4.78, 5) is 10.8. The summed E-state index contributed by atoms with van der Waals surface area (Å²) in [5.41, 5.74) is 0. The number of carbonyl (C=O) groups excluding carboxylic acids is 1. The molecule has 0 atom stereocenters. The number of carbonyl (C=O) groups is 1. The number of rotatable bonds is 15. The van der Waals surface area contributed by atoms with E-state index in [2.05, 4.69) is 19.1 Å². The average molecular weight is 272 g/mol. The van der Waals surface area contributed by atoms with Crippen LogP contribution in [0.3, 0.4) is 0 Å². The van der Waals surface area contributed by atoms with Crippen molar-refractivity contribution < 1.29 is 4.79 Å². The fourth-order valence-corrected chi connectivity index (χ4v) is 2.44. The first-order valence-electron chi connectivity index (χ1n) is 8.91. The average Bonchev–Trinajstić information content (AvgIpc) is 2.43. The minimum Gasteiger partial charge on any atom is -0.0654 e. The quantitative estimate of drug-likeness (QED) is 0.212. The Morgan fingerprint density at radius 1 is 0.750 bits per heavy atom. The summed E-state index contributed by atoms with van der Waals surface area (Å²) in [6.45, 7) is 2.27. The van der Waals surface area contributed by atoms with Gasteiger partial charge in [-0.2, -0.15) is 0 Å². The molecule has 0 radical (unpaired) electrons. The van der Waals surface area contributed by atoms with Crippen LogP contribution in [0.5, 0.6) is 0 Å². The van der Waals surface area contributed by atoms with Gasteiger partial charge < -0.3 is 0 Å². The van der Waals surface area contributed by atoms with Gasteiger partial charge >= 0.3 is 96.9 Å². The summed E-state index contributed by atoms with van der Waals surface area (Å²) in [7, 11) is 0. The number of unbranched alkanes of at least 4 members (excludes halogenated alkanes) is 11. The molecule has 0 unspecified atom stereocenters. The third-order valence-corrected chi connectivity index (χ3v) is 3.79. The van der Waals surface area contributed by atoms with Gasteiger partial charge in [0, 0.05) is 0 Å². The molecule has 0 heterocycles. The molecule has 0 saturated heterocycles. The van der Waals surface area contributed by atoms with Crippen LogP contribution in [-0.4, -0.2) is 22.2 Å². The molecule has 112 valence electrons. The van der Waals surface area contributed by atoms with E-state index in [1.54, 1.807) is 17.7 Å². The van der Waals surface area contributed by atoms with E-state index >= 15 is 0 Å². The van der Waals surface area contributed by atoms with Crippen LogP contribution in [-0.2, 0) is 4.79 Å². The maximum absolute atomic E-state index is 10.8. The van der Waals surface area contributed by atoms with Crippen LogP contribution >= 0.6 is 0 Å². The smallest absolute Gasteiger partial charge is 0.0654 e. The standard InChI is InChI=1S/C18H33O.Li/c1-2-3-4-5-6-7-8-9-10-11-12-13-14-15-16-17-18-19;/h9-10H,2-8,11-17H2,1H3;. The Labute approximate surface area is 136 Å². The number of hydrogen-bond acceptors (Lipinski definition) is 1. The summed E-state index contributed by atoms with van der Waals surface area (Å²) in [6, 6.07) is 0. The number of hydrogen-bond donors (Lipinski definition) is 0. The molecular weight excluding hydrogens is 239 g/mol. The van der Waals surface area contributed by atoms with E-state index in [0.29, 0.717) is 4.46 Å². The molecule has 0 aromatic carbocycles. The Morgan fingerprint density at radius 3 is 1.70 bits per heavy atom. The third-order valence-electron chi connectivity index (χ3n) is 3.79. The molecule has 1 nitrogen and oxygen atoms in total. The predicted molar refractivity (Wildman–Crippen MR) is 90.2 cm³/mol. The second kappa shape index (κ2) is 17.1. The molecule has 0 aliphatic carbocycles. The van der Waals surface area contributed by atoms with E-state index in [4.69, 9.17) is 0 Å². The Balaban J connectivity index is 3.07. The Bertz CT molecular complexity index is 236. The first-order valence-corrected chi connectivity index (χ1v) is 8.91. The van der Waals surface area contributed by atoms with Crippen LogP contribution in [0.4, 0.5) is 0 Å². The zero-order valence-corrected chi connectivity index (χ0v) is 14.0. The van der Waals surface area contributed by atoms with Gasteiger partial charge in [0.2, 0.25) is 0 Å². The van der Waals surface area contributed by atoms with E-state index in [1.807, 2.05) is 0 Å². The molecule has 0 aliphatic rings. The van der Waals surface area contributed by atoms with Crippen LogP contribution in [0.15, 0.2) is 12.2 Å². The van der Waals surface area contributed by atoms with Gasteiger partial charge in [-0.3, -0.25) is 0 Å². The van der Waals surface area contributed by atoms with Crippen LogP contribution in [0.1, 0.15) is 96.8 Å². The van der Waals surface area contributed by atoms with E-state index in [9.17, 15) is 4.79 Å². The van der Waals surface area contributed by atoms with Gasteiger partial charge in [-0.05, 0) is 0 Å². The van der Waals surface area contributed by atoms with E-state index in [0.717, 1.165) is 12.8 Å². The minimum atomic E-state index is 0.336. The summed E-state index contributed by atoms with van der Waals surface area (Å²) >= 11 is 1.69. The molecule has 0 bridgehead atoms. The van der Waals surface area contributed by atoms with Gasteiger partial charge in [0.05, 0.1) is 0 Å². The Morgan fingerprint density at radius 2 is 1.20 bits per heavy atom. The van der Waals surface area contributed by atoms with Gasteiger partial charge in [0.1, 0.15) is 0 Å². The second-order valence-electron chi connectivity index (χ2n) is 6.04. The molecule has 20 heavy (non-hydrogen) atoms. The summed E-state index contributed by atoms with van der Waals surface area (Å²) < 4.78 is 0.336. The van der Waals surface area contributed by atoms with Gasteiger partial charge in [-0.1, -0.05) is 39.0 Å². The zero-order valence-electron chi connectivity index (χ0n) is 14.0. The third kappa shape index (κ3) is 18.0. The minimum absolute atomic E-state index is 0.336. The van der Waals surface area contributed by atoms with Crippen molar-refractivity contribution in [2.75, 3.05) is 0 Å². The second-order valence-corrected chi connectivity index (χ2v) is 6.04. The van der Waals surface area contributed by atoms with Crippen molar-refractivity contribution in [3.63, 3.8) is 0 Å². The van der Waals surface area contributed by atoms with Crippen LogP contribution in [0, 0.1) is 0 Å². The fraction of sp³-hybridized carbons (Fsp3) is 0.833. The van der Waals surface area contributed by atoms with Gasteiger partial charge in [-0.15, -0.1) is 0 Å². The van der Waals surface area contributed by atoms with Crippen molar-refractivity contribution in [3.05, 3.63) is 12.2 Å². The summed E-state index contributed by atoms with van der Waals surface area (Å²) in [5.74, 6) is 0. The van der Waals surface area contributed by atoms with Crippen molar-refractivity contribution in [3.8, 4) is 0 Å². The van der Waals surface area contributed by atoms with E-state index < -0.39 is 0 Å². The first kappa shape index (κ1) is 20.0. The maximum atomic E-state index is 10.8. The summed E-state index contributed by atoms with van der Waals surface area (Å²) in [5, 5.41) is 0. The first-order chi connectivity index (χ1) is 9.77. The molecule has 0 amide bonds. The molecule has 0 saturated carbocycles. The molecule has 0 spiro atoms. The van der Waals surface area contributed by atoms with Crippen molar-refractivity contribution >= 4 is 22.2 Å². The normalized spacial score (nSPS) is 11.3. The van der Waals surface area contributed by atoms with E-state index in [1.165, 1.54) is 77.0 Å². The molecule has 2 heteroatoms. The van der Waals surface area contributed by atoms with Crippen molar-refractivity contribution in [1.29, 1.82) is 0 Å². The molecule has 0 rings (SSSR count). The molecular formula is C18H33LiO. The van der Waals surface area contributed by atoms with E-state index in [-0.39, 0.29) is 0 Å². The Kier molecular flexibility index (Phi) is 17.1. The molecule has 0 aromatic heterocycles. The molecule has 0 N–H and O–H groups in total. The zero-order chi connectivity index (χ0) is 14.9. The summed E-state index contributed by atoms with van der Waals surface area (Å²) in [6.07, 6.45) is 22.6. The van der Waals surface area contributed by atoms with Gasteiger partial charge in [-0.25, -0.2) is 0 Å². The van der Waals surface area contributed by atoms with Crippen LogP contribution < -0.4 is 0 Å². The van der Waals surface area contributed by atoms with Crippen molar-refractivity contribution in [2.45, 2.75) is 96.8 Å². The van der Waals surface area contributed by atoms with Crippen molar-refractivity contribution in [2.24, 2.45) is 0 Å². The van der Waals surface area contributed by atoms with Crippen LogP contribution in [0.2, 0.25) is 0 Å². The molecule has 0 fully saturated rings. The Hall–Kier alpha value is 0.00740. The van der Waals surface area contributed by atoms with Gasteiger partial charge in [0.25, 0.3) is 0 Å². The SMILES string of the molecule is [Li][C](=O)CCCCCCCC=CCCCCCCCC. The predicted octanol–water partition coefficient (Wildman–Crippen LogP) is 5.72. The monoisotopic (exact) mass is 272 g/mol. The molecule has 0 aromatic rings. The van der Waals surface area contributed by atoms with Gasteiger partial charge in [0.15, 0.2) is 0 Å². The fourth-order valence-electron chi connectivity index (χ4n) is 2.44. The number of allylic oxidation sites excluding steroid dienone is 2. The van der Waals surface area contributed by atoms with Crippen molar-refractivity contribution in [1.82, 2.24) is 0 Å². The van der Waals surface area contributed by atoms with Crippen LogP contribution in [0.25, 0.3) is 0 Å². The molecule has 0 aliphatic heterocycles.